The van der Waals surface area contributed by atoms with Gasteiger partial charge in [-0.25, -0.2) is 0 Å². The molecule has 9 heteroatoms. The molecular formula is C55H62N4O5. The van der Waals surface area contributed by atoms with Gasteiger partial charge in [-0.2, -0.15) is 5.26 Å². The van der Waals surface area contributed by atoms with Gasteiger partial charge in [-0.3, -0.25) is 19.6 Å². The molecule has 0 spiro atoms. The lowest BCUT2D eigenvalue weighted by Gasteiger charge is -2.23. The Balaban J connectivity index is 0.000000257. The molecule has 0 amide bonds. The third-order valence-corrected chi connectivity index (χ3v) is 10.8. The van der Waals surface area contributed by atoms with E-state index in [4.69, 9.17) is 9.47 Å². The van der Waals surface area contributed by atoms with Gasteiger partial charge in [0.05, 0.1) is 18.2 Å². The lowest BCUT2D eigenvalue weighted by atomic mass is 9.92. The Kier molecular flexibility index (Phi) is 20.1. The number of aliphatic hydroxyl groups is 1. The van der Waals surface area contributed by atoms with E-state index in [1.807, 2.05) is 98.8 Å². The average Bonchev–Trinajstić information content (AvgIpc) is 3.73. The summed E-state index contributed by atoms with van der Waals surface area (Å²) in [7, 11) is 3.38. The van der Waals surface area contributed by atoms with Crippen LogP contribution in [0.15, 0.2) is 155 Å². The number of benzene rings is 5. The molecule has 332 valence electrons. The van der Waals surface area contributed by atoms with Crippen molar-refractivity contribution in [1.82, 2.24) is 5.32 Å². The van der Waals surface area contributed by atoms with Gasteiger partial charge in [0, 0.05) is 33.4 Å². The van der Waals surface area contributed by atoms with Crippen molar-refractivity contribution < 1.29 is 24.2 Å². The van der Waals surface area contributed by atoms with E-state index >= 15 is 0 Å². The number of hydrogen-bond acceptors (Lipinski definition) is 8. The zero-order valence-corrected chi connectivity index (χ0v) is 38.0. The number of amidine groups is 1. The predicted molar refractivity (Wildman–Crippen MR) is 264 cm³/mol. The predicted octanol–water partition coefficient (Wildman–Crippen LogP) is 10.0. The van der Waals surface area contributed by atoms with E-state index in [0.717, 1.165) is 52.0 Å². The molecule has 0 saturated carbocycles. The van der Waals surface area contributed by atoms with Gasteiger partial charge < -0.3 is 19.9 Å². The van der Waals surface area contributed by atoms with Crippen molar-refractivity contribution in [1.29, 1.82) is 5.26 Å². The number of aliphatic imine (C=N–C) groups is 2. The molecule has 1 heterocycles. The normalized spacial score (nSPS) is 16.7. The number of Topliss-reactive ketones (excluding diaryl/α,β-unsaturated/α-hetero) is 1. The minimum atomic E-state index is -1.02. The number of unbranched alkanes of at least 4 members (excludes halogenated alkanes) is 2. The summed E-state index contributed by atoms with van der Waals surface area (Å²) in [6.45, 7) is 13.1. The summed E-state index contributed by atoms with van der Waals surface area (Å²) in [6.07, 6.45) is 12.4. The van der Waals surface area contributed by atoms with E-state index in [1.165, 1.54) is 21.5 Å². The van der Waals surface area contributed by atoms with Crippen LogP contribution in [0.2, 0.25) is 0 Å². The molecular weight excluding hydrogens is 797 g/mol. The highest BCUT2D eigenvalue weighted by Gasteiger charge is 2.42. The smallest absolute Gasteiger partial charge is 0.305 e. The molecule has 2 unspecified atom stereocenters. The number of nitriles is 1. The van der Waals surface area contributed by atoms with Crippen LogP contribution in [-0.2, 0) is 31.9 Å². The summed E-state index contributed by atoms with van der Waals surface area (Å²) >= 11 is 0. The van der Waals surface area contributed by atoms with E-state index in [-0.39, 0.29) is 30.2 Å². The summed E-state index contributed by atoms with van der Waals surface area (Å²) in [4.78, 5) is 31.4. The third-order valence-electron chi connectivity index (χ3n) is 10.8. The summed E-state index contributed by atoms with van der Waals surface area (Å²) in [5.41, 5.74) is 2.93. The Labute approximate surface area is 378 Å². The number of esters is 1. The minimum Gasteiger partial charge on any atom is -0.513 e. The number of nitrogens with zero attached hydrogens (tertiary/aromatic N) is 3. The average molecular weight is 859 g/mol. The van der Waals surface area contributed by atoms with E-state index in [2.05, 4.69) is 77.0 Å². The minimum absolute atomic E-state index is 0.165. The first-order valence-corrected chi connectivity index (χ1v) is 21.7. The van der Waals surface area contributed by atoms with Crippen molar-refractivity contribution in [3.05, 3.63) is 166 Å². The standard InChI is InChI=1S/C29H38N4O3.2C13H12O/c1-22-11-9-10-13-25(22)12-7-6-8-14-27(34)35-19-26-17-18-29(20-30,36-26)24(3)16-15-23(2)28(32-5)33-21-31-4;2*1-10(14)9-12-7-4-6-11-5-2-3-8-13(11)12/h9-13,15-16,21,26H,1,6-8,14,17-19H2,2-5H3,(H,31,32,33);2-8H,9H2,1H3;2-8,14H,1,9H2/b23-15+,24-16+,25-12-;;. The van der Waals surface area contributed by atoms with E-state index in [9.17, 15) is 20.0 Å². The number of fused-ring (bicyclic) bond motifs is 2. The number of rotatable bonds is 15. The van der Waals surface area contributed by atoms with Gasteiger partial charge in [0.2, 0.25) is 0 Å². The fraction of sp³-hybridized carbons (Fsp3) is 0.291. The second-order valence-corrected chi connectivity index (χ2v) is 15.8. The van der Waals surface area contributed by atoms with Crippen molar-refractivity contribution in [3.63, 3.8) is 0 Å². The molecule has 0 aliphatic carbocycles. The highest BCUT2D eigenvalue weighted by atomic mass is 16.6. The van der Waals surface area contributed by atoms with E-state index < -0.39 is 5.60 Å². The van der Waals surface area contributed by atoms with Crippen molar-refractivity contribution >= 4 is 58.1 Å². The Bertz CT molecular complexity index is 2550. The quantitative estimate of drug-likeness (QED) is 0.0267. The van der Waals surface area contributed by atoms with Gasteiger partial charge in [-0.15, -0.1) is 0 Å². The molecule has 1 aliphatic heterocycles. The topological polar surface area (TPSA) is 133 Å². The SMILES string of the molecule is C=C(O)Cc1cccc2ccccc12.C=c1cccc/c1=C/CCCCC(=O)OCC1CCC(C#N)(/C(C)=C/C=C(\C)C(=NC)NC=NC)O1.CC(=O)Cc1cccc2ccccc12. The molecule has 6 rings (SSSR count). The number of aliphatic hydroxyl groups excluding tert-OH is 1. The molecule has 2 N–H and O–H groups in total. The van der Waals surface area contributed by atoms with Gasteiger partial charge in [-0.1, -0.05) is 141 Å². The van der Waals surface area contributed by atoms with Gasteiger partial charge in [0.15, 0.2) is 5.60 Å². The van der Waals surface area contributed by atoms with Gasteiger partial charge in [0.25, 0.3) is 0 Å². The molecule has 1 saturated heterocycles. The van der Waals surface area contributed by atoms with Crippen LogP contribution >= 0.6 is 0 Å². The van der Waals surface area contributed by atoms with E-state index in [1.54, 1.807) is 27.4 Å². The Morgan fingerprint density at radius 3 is 2.08 bits per heavy atom. The second kappa shape index (κ2) is 25.9. The maximum absolute atomic E-state index is 12.2. The molecule has 5 aromatic rings. The molecule has 2 atom stereocenters. The highest BCUT2D eigenvalue weighted by Crippen LogP contribution is 2.36. The Morgan fingerprint density at radius 2 is 1.48 bits per heavy atom. The Hall–Kier alpha value is -6.89. The zero-order chi connectivity index (χ0) is 46.3. The monoisotopic (exact) mass is 858 g/mol. The number of allylic oxidation sites excluding steroid dienone is 3. The summed E-state index contributed by atoms with van der Waals surface area (Å²) in [5.74, 6) is 0.881. The van der Waals surface area contributed by atoms with Crippen molar-refractivity contribution in [3.8, 4) is 6.07 Å². The maximum Gasteiger partial charge on any atom is 0.305 e. The summed E-state index contributed by atoms with van der Waals surface area (Å²) in [5, 5.41) is 29.0. The van der Waals surface area contributed by atoms with Crippen molar-refractivity contribution in [2.24, 2.45) is 9.98 Å². The van der Waals surface area contributed by atoms with E-state index in [0.29, 0.717) is 37.9 Å². The molecule has 64 heavy (non-hydrogen) atoms. The van der Waals surface area contributed by atoms with Crippen LogP contribution in [0.5, 0.6) is 0 Å². The van der Waals surface area contributed by atoms with Crippen LogP contribution in [0.3, 0.4) is 0 Å². The Morgan fingerprint density at radius 1 is 0.875 bits per heavy atom. The largest absolute Gasteiger partial charge is 0.513 e. The number of hydrogen-bond donors (Lipinski definition) is 2. The molecule has 1 aliphatic rings. The molecule has 9 nitrogen and oxygen atoms in total. The molecule has 0 bridgehead atoms. The number of ketones is 1. The zero-order valence-electron chi connectivity index (χ0n) is 38.0. The second-order valence-electron chi connectivity index (χ2n) is 15.8. The lowest BCUT2D eigenvalue weighted by Crippen LogP contribution is -2.30. The maximum atomic E-state index is 12.2. The first-order valence-electron chi connectivity index (χ1n) is 21.7. The van der Waals surface area contributed by atoms with Gasteiger partial charge in [-0.05, 0) is 107 Å². The highest BCUT2D eigenvalue weighted by molar-refractivity contribution is 6.03. The van der Waals surface area contributed by atoms with Crippen LogP contribution < -0.4 is 15.8 Å². The first kappa shape index (κ1) is 49.8. The fourth-order valence-corrected chi connectivity index (χ4v) is 7.33. The van der Waals surface area contributed by atoms with Crippen LogP contribution in [0.25, 0.3) is 34.2 Å². The van der Waals surface area contributed by atoms with Crippen molar-refractivity contribution in [2.45, 2.75) is 83.8 Å². The fourth-order valence-electron chi connectivity index (χ4n) is 7.33. The number of nitrogens with one attached hydrogen (secondary N) is 1. The molecule has 0 aromatic heterocycles. The van der Waals surface area contributed by atoms with Crippen molar-refractivity contribution in [2.75, 3.05) is 20.7 Å². The number of carbonyl (C=O) groups excluding carboxylic acids is 2. The third kappa shape index (κ3) is 15.5. The molecule has 1 fully saturated rings. The molecule has 0 radical (unpaired) electrons. The lowest BCUT2D eigenvalue weighted by molar-refractivity contribution is -0.148. The molecule has 5 aromatic carbocycles. The van der Waals surface area contributed by atoms with Gasteiger partial charge in [0.1, 0.15) is 24.3 Å². The number of carbonyl (C=O) groups is 2. The van der Waals surface area contributed by atoms with Crippen LogP contribution in [0.1, 0.15) is 70.4 Å². The summed E-state index contributed by atoms with van der Waals surface area (Å²) < 4.78 is 11.5. The van der Waals surface area contributed by atoms with Gasteiger partial charge >= 0.3 is 5.97 Å². The van der Waals surface area contributed by atoms with Crippen LogP contribution in [0.4, 0.5) is 0 Å². The first-order chi connectivity index (χ1) is 30.9. The number of ether oxygens (including phenoxy) is 2. The van der Waals surface area contributed by atoms with Crippen LogP contribution in [0, 0.1) is 11.3 Å². The van der Waals surface area contributed by atoms with Crippen LogP contribution in [-0.4, -0.2) is 61.4 Å². The summed E-state index contributed by atoms with van der Waals surface area (Å²) in [6, 6.07) is 38.8.